The molecule has 23 heavy (non-hydrogen) atoms. The number of benzene rings is 2. The van der Waals surface area contributed by atoms with Crippen molar-refractivity contribution < 1.29 is 8.76 Å². The largest absolute Gasteiger partial charge is 0.768 e. The van der Waals surface area contributed by atoms with Crippen LogP contribution >= 0.6 is 0 Å². The number of hydrogen-bond donors (Lipinski definition) is 1. The molecule has 2 aromatic rings. The highest BCUT2D eigenvalue weighted by atomic mass is 32.2. The topological polar surface area (TPSA) is 52.2 Å². The van der Waals surface area contributed by atoms with Gasteiger partial charge in [0.2, 0.25) is 0 Å². The van der Waals surface area contributed by atoms with E-state index in [1.54, 1.807) is 12.1 Å². The van der Waals surface area contributed by atoms with Gasteiger partial charge in [0, 0.05) is 18.0 Å². The van der Waals surface area contributed by atoms with Gasteiger partial charge < -0.3 is 9.87 Å². The van der Waals surface area contributed by atoms with Gasteiger partial charge in [-0.2, -0.15) is 0 Å². The Morgan fingerprint density at radius 2 is 1.70 bits per heavy atom. The second kappa shape index (κ2) is 7.86. The Balaban J connectivity index is 1.96. The molecule has 0 aliphatic rings. The molecule has 1 unspecified atom stereocenters. The van der Waals surface area contributed by atoms with Crippen molar-refractivity contribution in [3.63, 3.8) is 0 Å². The first-order valence-corrected chi connectivity index (χ1v) is 8.99. The Morgan fingerprint density at radius 1 is 1.04 bits per heavy atom. The molecule has 2 rings (SSSR count). The van der Waals surface area contributed by atoms with Crippen molar-refractivity contribution in [2.45, 2.75) is 50.6 Å². The highest BCUT2D eigenvalue weighted by Gasteiger charge is 2.17. The van der Waals surface area contributed by atoms with Crippen LogP contribution in [0.5, 0.6) is 0 Å². The summed E-state index contributed by atoms with van der Waals surface area (Å²) in [7, 11) is 0. The Kier molecular flexibility index (Phi) is 6.10. The summed E-state index contributed by atoms with van der Waals surface area (Å²) in [5, 5.41) is 3.31. The standard InChI is InChI=1S/C19H25NO2S/c1-4-19(2,3)17-11-9-15(10-12-17)13-20-14-16-7-5-6-8-18(16)23(21)22/h5-12,20H,4,13-14H2,1-3H3,(H,21,22)/p-1. The normalized spacial score (nSPS) is 13.0. The van der Waals surface area contributed by atoms with Gasteiger partial charge in [0.25, 0.3) is 0 Å². The van der Waals surface area contributed by atoms with Crippen molar-refractivity contribution in [3.8, 4) is 0 Å². The van der Waals surface area contributed by atoms with E-state index < -0.39 is 11.1 Å². The Morgan fingerprint density at radius 3 is 2.30 bits per heavy atom. The summed E-state index contributed by atoms with van der Waals surface area (Å²) in [6, 6.07) is 15.7. The van der Waals surface area contributed by atoms with Crippen LogP contribution in [-0.2, 0) is 29.6 Å². The molecule has 0 spiro atoms. The molecular formula is C19H24NO2S-. The summed E-state index contributed by atoms with van der Waals surface area (Å²) in [4.78, 5) is 0.361. The molecular weight excluding hydrogens is 306 g/mol. The second-order valence-electron chi connectivity index (χ2n) is 6.38. The van der Waals surface area contributed by atoms with E-state index in [2.05, 4.69) is 50.4 Å². The third-order valence-electron chi connectivity index (χ3n) is 4.42. The van der Waals surface area contributed by atoms with Crippen LogP contribution in [-0.4, -0.2) is 8.76 Å². The molecule has 124 valence electrons. The third-order valence-corrected chi connectivity index (χ3v) is 5.17. The predicted molar refractivity (Wildman–Crippen MR) is 93.9 cm³/mol. The van der Waals surface area contributed by atoms with E-state index in [0.29, 0.717) is 18.0 Å². The van der Waals surface area contributed by atoms with Crippen molar-refractivity contribution in [3.05, 3.63) is 65.2 Å². The second-order valence-corrected chi connectivity index (χ2v) is 7.29. The van der Waals surface area contributed by atoms with Gasteiger partial charge in [0.1, 0.15) is 0 Å². The van der Waals surface area contributed by atoms with E-state index in [1.807, 2.05) is 12.1 Å². The summed E-state index contributed by atoms with van der Waals surface area (Å²) < 4.78 is 22.4. The van der Waals surface area contributed by atoms with Crippen LogP contribution in [0.15, 0.2) is 53.4 Å². The third kappa shape index (κ3) is 4.74. The number of hydrogen-bond acceptors (Lipinski definition) is 3. The molecule has 4 heteroatoms. The molecule has 2 aromatic carbocycles. The average Bonchev–Trinajstić information content (AvgIpc) is 2.55. The van der Waals surface area contributed by atoms with Crippen molar-refractivity contribution in [1.82, 2.24) is 5.32 Å². The lowest BCUT2D eigenvalue weighted by Crippen LogP contribution is -2.16. The molecule has 0 aromatic heterocycles. The minimum absolute atomic E-state index is 0.198. The highest BCUT2D eigenvalue weighted by Crippen LogP contribution is 2.26. The summed E-state index contributed by atoms with van der Waals surface area (Å²) in [5.41, 5.74) is 3.53. The van der Waals surface area contributed by atoms with Crippen LogP contribution in [0.4, 0.5) is 0 Å². The van der Waals surface area contributed by atoms with Gasteiger partial charge in [-0.3, -0.25) is 4.21 Å². The molecule has 0 amide bonds. The van der Waals surface area contributed by atoms with Gasteiger partial charge in [-0.1, -0.05) is 63.2 Å². The fourth-order valence-corrected chi connectivity index (χ4v) is 2.98. The lowest BCUT2D eigenvalue weighted by Gasteiger charge is -2.23. The summed E-state index contributed by atoms with van der Waals surface area (Å²) in [5.74, 6) is 0. The SMILES string of the molecule is CCC(C)(C)c1ccc(CNCc2ccccc2S(=O)[O-])cc1. The lowest BCUT2D eigenvalue weighted by molar-refractivity contribution is 0.506. The zero-order chi connectivity index (χ0) is 16.9. The van der Waals surface area contributed by atoms with Gasteiger partial charge in [-0.05, 0) is 45.7 Å². The van der Waals surface area contributed by atoms with Gasteiger partial charge in [-0.25, -0.2) is 0 Å². The molecule has 0 fully saturated rings. The van der Waals surface area contributed by atoms with E-state index >= 15 is 0 Å². The van der Waals surface area contributed by atoms with E-state index in [9.17, 15) is 8.76 Å². The Labute approximate surface area is 141 Å². The summed E-state index contributed by atoms with van der Waals surface area (Å²) >= 11 is -2.19. The molecule has 0 aliphatic carbocycles. The van der Waals surface area contributed by atoms with Crippen molar-refractivity contribution in [2.75, 3.05) is 0 Å². The molecule has 1 N–H and O–H groups in total. The van der Waals surface area contributed by atoms with Crippen LogP contribution in [0.3, 0.4) is 0 Å². The molecule has 3 nitrogen and oxygen atoms in total. The van der Waals surface area contributed by atoms with E-state index in [1.165, 1.54) is 11.1 Å². The Hall–Kier alpha value is -1.49. The molecule has 0 heterocycles. The molecule has 0 aliphatic heterocycles. The van der Waals surface area contributed by atoms with Crippen LogP contribution in [0.25, 0.3) is 0 Å². The molecule has 0 saturated heterocycles. The maximum atomic E-state index is 11.2. The smallest absolute Gasteiger partial charge is 0.0293 e. The number of nitrogens with one attached hydrogen (secondary N) is 1. The van der Waals surface area contributed by atoms with Gasteiger partial charge >= 0.3 is 0 Å². The predicted octanol–water partition coefficient (Wildman–Crippen LogP) is 3.90. The van der Waals surface area contributed by atoms with Crippen LogP contribution in [0.1, 0.15) is 43.9 Å². The quantitative estimate of drug-likeness (QED) is 0.783. The summed E-state index contributed by atoms with van der Waals surface area (Å²) in [6.45, 7) is 7.95. The minimum atomic E-state index is -2.19. The van der Waals surface area contributed by atoms with Crippen LogP contribution in [0, 0.1) is 0 Å². The van der Waals surface area contributed by atoms with Crippen LogP contribution in [0.2, 0.25) is 0 Å². The van der Waals surface area contributed by atoms with E-state index in [0.717, 1.165) is 12.0 Å². The molecule has 0 saturated carbocycles. The molecule has 1 atom stereocenters. The zero-order valence-electron chi connectivity index (χ0n) is 14.0. The first kappa shape index (κ1) is 17.9. The van der Waals surface area contributed by atoms with Gasteiger partial charge in [0.05, 0.1) is 0 Å². The van der Waals surface area contributed by atoms with E-state index in [4.69, 9.17) is 0 Å². The number of rotatable bonds is 7. The summed E-state index contributed by atoms with van der Waals surface area (Å²) in [6.07, 6.45) is 1.10. The fourth-order valence-electron chi connectivity index (χ4n) is 2.43. The van der Waals surface area contributed by atoms with Gasteiger partial charge in [0.15, 0.2) is 0 Å². The minimum Gasteiger partial charge on any atom is -0.768 e. The highest BCUT2D eigenvalue weighted by molar-refractivity contribution is 7.79. The average molecular weight is 330 g/mol. The van der Waals surface area contributed by atoms with Gasteiger partial charge in [-0.15, -0.1) is 0 Å². The first-order chi connectivity index (χ1) is 10.9. The maximum Gasteiger partial charge on any atom is 0.0293 e. The van der Waals surface area contributed by atoms with E-state index in [-0.39, 0.29) is 5.41 Å². The van der Waals surface area contributed by atoms with Crippen molar-refractivity contribution in [2.24, 2.45) is 0 Å². The molecule has 0 radical (unpaired) electrons. The first-order valence-electron chi connectivity index (χ1n) is 7.91. The Bertz CT molecular complexity index is 665. The molecule has 0 bridgehead atoms. The lowest BCUT2D eigenvalue weighted by atomic mass is 9.82. The zero-order valence-corrected chi connectivity index (χ0v) is 14.8. The maximum absolute atomic E-state index is 11.2. The fraction of sp³-hybridized carbons (Fsp3) is 0.368. The monoisotopic (exact) mass is 330 g/mol. The van der Waals surface area contributed by atoms with Crippen LogP contribution < -0.4 is 5.32 Å². The van der Waals surface area contributed by atoms with Crippen molar-refractivity contribution in [1.29, 1.82) is 0 Å². The van der Waals surface area contributed by atoms with Crippen molar-refractivity contribution >= 4 is 11.1 Å².